The van der Waals surface area contributed by atoms with Gasteiger partial charge in [-0.1, -0.05) is 146 Å². The molecule has 0 radical (unpaired) electrons. The van der Waals surface area contributed by atoms with Gasteiger partial charge in [0.15, 0.2) is 6.17 Å². The number of hydrogen-bond acceptors (Lipinski definition) is 3. The summed E-state index contributed by atoms with van der Waals surface area (Å²) < 4.78 is 0. The van der Waals surface area contributed by atoms with Gasteiger partial charge in [0, 0.05) is 17.0 Å². The first kappa shape index (κ1) is 30.0. The van der Waals surface area contributed by atoms with Gasteiger partial charge < -0.3 is 5.32 Å². The maximum atomic E-state index is 5.28. The molecule has 9 rings (SSSR count). The molecule has 0 amide bonds. The van der Waals surface area contributed by atoms with Gasteiger partial charge in [-0.05, 0) is 98.8 Å². The van der Waals surface area contributed by atoms with E-state index < -0.39 is 0 Å². The highest BCUT2D eigenvalue weighted by atomic mass is 15.2. The molecule has 0 saturated carbocycles. The number of nitrogens with one attached hydrogen (secondary N) is 1. The van der Waals surface area contributed by atoms with E-state index in [-0.39, 0.29) is 6.17 Å². The molecule has 0 aromatic heterocycles. The predicted molar refractivity (Wildman–Crippen MR) is 209 cm³/mol. The second-order valence-electron chi connectivity index (χ2n) is 13.3. The van der Waals surface area contributed by atoms with Crippen molar-refractivity contribution < 1.29 is 0 Å². The standard InChI is InChI=1S/C47H37N3/c1-4-14-32(15-5-1)33-24-26-34(27-25-33)38-28-39(44-31-37-20-10-11-21-41(37)42-22-12-13-23-43(42)44)30-40(29-38)47-49-45(35-16-6-2-7-17-35)48-46(50-47)36-18-8-3-9-19-36/h1-12,14-22,24,26-31,33,45H,13,23,25H2,(H,48,49,50). The molecule has 50 heavy (non-hydrogen) atoms. The van der Waals surface area contributed by atoms with Gasteiger partial charge in [-0.2, -0.15) is 0 Å². The van der Waals surface area contributed by atoms with Gasteiger partial charge in [0.25, 0.3) is 0 Å². The number of fused-ring (bicyclic) bond motifs is 3. The average Bonchev–Trinajstić information content (AvgIpc) is 3.21. The van der Waals surface area contributed by atoms with Crippen LogP contribution in [-0.4, -0.2) is 11.7 Å². The summed E-state index contributed by atoms with van der Waals surface area (Å²) in [7, 11) is 0. The third-order valence-electron chi connectivity index (χ3n) is 10.1. The van der Waals surface area contributed by atoms with Crippen LogP contribution in [0.1, 0.15) is 63.9 Å². The summed E-state index contributed by atoms with van der Waals surface area (Å²) in [5.74, 6) is 2.03. The van der Waals surface area contributed by atoms with E-state index in [1.165, 1.54) is 49.7 Å². The normalized spacial score (nSPS) is 18.1. The third kappa shape index (κ3) is 5.82. The lowest BCUT2D eigenvalue weighted by Crippen LogP contribution is -2.36. The molecule has 0 bridgehead atoms. The zero-order valence-electron chi connectivity index (χ0n) is 27.8. The molecular formula is C47H37N3. The second-order valence-corrected chi connectivity index (χ2v) is 13.3. The summed E-state index contributed by atoms with van der Waals surface area (Å²) in [4.78, 5) is 10.4. The van der Waals surface area contributed by atoms with Crippen molar-refractivity contribution in [2.75, 3.05) is 0 Å². The molecule has 3 nitrogen and oxygen atoms in total. The summed E-state index contributed by atoms with van der Waals surface area (Å²) in [5, 5.41) is 6.24. The van der Waals surface area contributed by atoms with E-state index in [2.05, 4.69) is 163 Å². The fraction of sp³-hybridized carbons (Fsp3) is 0.106. The minimum absolute atomic E-state index is 0.353. The minimum Gasteiger partial charge on any atom is -0.324 e. The van der Waals surface area contributed by atoms with Crippen molar-refractivity contribution in [2.24, 2.45) is 9.98 Å². The topological polar surface area (TPSA) is 36.8 Å². The van der Waals surface area contributed by atoms with Crippen molar-refractivity contribution in [2.45, 2.75) is 31.3 Å². The Balaban J connectivity index is 1.20. The van der Waals surface area contributed by atoms with Crippen LogP contribution in [0, 0.1) is 0 Å². The Morgan fingerprint density at radius 2 is 1.24 bits per heavy atom. The van der Waals surface area contributed by atoms with E-state index in [9.17, 15) is 0 Å². The van der Waals surface area contributed by atoms with Crippen molar-refractivity contribution in [1.82, 2.24) is 5.32 Å². The summed E-state index contributed by atoms with van der Waals surface area (Å²) in [5.41, 5.74) is 12.2. The Labute approximate surface area is 293 Å². The Hall–Kier alpha value is -6.06. The molecule has 0 spiro atoms. The molecule has 2 unspecified atom stereocenters. The molecule has 0 fully saturated rings. The lowest BCUT2D eigenvalue weighted by Gasteiger charge is -2.24. The highest BCUT2D eigenvalue weighted by molar-refractivity contribution is 6.16. The fourth-order valence-electron chi connectivity index (χ4n) is 7.55. The first-order valence-electron chi connectivity index (χ1n) is 17.6. The zero-order chi connectivity index (χ0) is 33.3. The SMILES string of the molecule is C1=Cc2c(c(-c3cc(C4=CCC(c5ccccc5)C=C4)cc(C4=NC(c5ccccc5)N=C(c5ccccc5)N4)c3)cc3ccccc23)CC1. The molecule has 2 aliphatic carbocycles. The molecule has 1 heterocycles. The van der Waals surface area contributed by atoms with Gasteiger partial charge in [-0.25, -0.2) is 9.98 Å². The van der Waals surface area contributed by atoms with E-state index in [1.807, 2.05) is 12.1 Å². The maximum absolute atomic E-state index is 5.28. The first-order valence-corrected chi connectivity index (χ1v) is 17.6. The average molecular weight is 644 g/mol. The van der Waals surface area contributed by atoms with Gasteiger partial charge >= 0.3 is 0 Å². The molecule has 1 aliphatic heterocycles. The Morgan fingerprint density at radius 1 is 0.580 bits per heavy atom. The van der Waals surface area contributed by atoms with Gasteiger partial charge in [0.2, 0.25) is 0 Å². The van der Waals surface area contributed by atoms with E-state index >= 15 is 0 Å². The summed E-state index contributed by atoms with van der Waals surface area (Å²) in [6.07, 6.45) is 14.4. The third-order valence-corrected chi connectivity index (χ3v) is 10.1. The van der Waals surface area contributed by atoms with Gasteiger partial charge in [-0.3, -0.25) is 0 Å². The lowest BCUT2D eigenvalue weighted by molar-refractivity contribution is 0.756. The Kier molecular flexibility index (Phi) is 7.87. The van der Waals surface area contributed by atoms with Crippen molar-refractivity contribution in [3.63, 3.8) is 0 Å². The minimum atomic E-state index is -0.353. The predicted octanol–water partition coefficient (Wildman–Crippen LogP) is 11.1. The molecule has 240 valence electrons. The van der Waals surface area contributed by atoms with Crippen LogP contribution >= 0.6 is 0 Å². The van der Waals surface area contributed by atoms with E-state index in [4.69, 9.17) is 9.98 Å². The lowest BCUT2D eigenvalue weighted by atomic mass is 9.83. The number of aliphatic imine (C=N–C) groups is 2. The van der Waals surface area contributed by atoms with Crippen LogP contribution in [0.2, 0.25) is 0 Å². The first-order chi connectivity index (χ1) is 24.8. The number of benzene rings is 6. The van der Waals surface area contributed by atoms with Crippen molar-refractivity contribution in [3.05, 3.63) is 203 Å². The Bertz CT molecular complexity index is 2360. The van der Waals surface area contributed by atoms with Crippen LogP contribution in [-0.2, 0) is 6.42 Å². The molecule has 6 aromatic carbocycles. The molecule has 2 atom stereocenters. The molecule has 0 saturated heterocycles. The summed E-state index contributed by atoms with van der Waals surface area (Å²) >= 11 is 0. The molecule has 3 aliphatic rings. The highest BCUT2D eigenvalue weighted by Crippen LogP contribution is 2.39. The van der Waals surface area contributed by atoms with E-state index in [0.29, 0.717) is 5.92 Å². The van der Waals surface area contributed by atoms with Crippen LogP contribution < -0.4 is 5.32 Å². The van der Waals surface area contributed by atoms with Gasteiger partial charge in [0.1, 0.15) is 11.7 Å². The number of rotatable bonds is 6. The quantitative estimate of drug-likeness (QED) is 0.193. The largest absolute Gasteiger partial charge is 0.324 e. The Morgan fingerprint density at radius 3 is 2.00 bits per heavy atom. The summed E-state index contributed by atoms with van der Waals surface area (Å²) in [6, 6.07) is 49.8. The number of amidine groups is 2. The molecule has 6 aromatic rings. The van der Waals surface area contributed by atoms with Crippen LogP contribution in [0.5, 0.6) is 0 Å². The number of hydrogen-bond donors (Lipinski definition) is 1. The van der Waals surface area contributed by atoms with Crippen LogP contribution in [0.3, 0.4) is 0 Å². The second kappa shape index (κ2) is 13.1. The monoisotopic (exact) mass is 643 g/mol. The maximum Gasteiger partial charge on any atom is 0.169 e. The van der Waals surface area contributed by atoms with Crippen LogP contribution in [0.4, 0.5) is 0 Å². The molecule has 3 heteroatoms. The van der Waals surface area contributed by atoms with Gasteiger partial charge in [-0.15, -0.1) is 0 Å². The van der Waals surface area contributed by atoms with Gasteiger partial charge in [0.05, 0.1) is 0 Å². The summed E-state index contributed by atoms with van der Waals surface area (Å²) in [6.45, 7) is 0. The number of allylic oxidation sites excluding steroid dienone is 5. The molecule has 1 N–H and O–H groups in total. The van der Waals surface area contributed by atoms with Crippen molar-refractivity contribution >= 4 is 34.1 Å². The van der Waals surface area contributed by atoms with Crippen molar-refractivity contribution in [3.8, 4) is 11.1 Å². The van der Waals surface area contributed by atoms with Crippen molar-refractivity contribution in [1.29, 1.82) is 0 Å². The zero-order valence-corrected chi connectivity index (χ0v) is 27.8. The van der Waals surface area contributed by atoms with Crippen LogP contribution in [0.25, 0.3) is 33.5 Å². The van der Waals surface area contributed by atoms with Crippen LogP contribution in [0.15, 0.2) is 174 Å². The number of nitrogens with zero attached hydrogens (tertiary/aromatic N) is 2. The highest BCUT2D eigenvalue weighted by Gasteiger charge is 2.23. The fourth-order valence-corrected chi connectivity index (χ4v) is 7.55. The van der Waals surface area contributed by atoms with E-state index in [0.717, 1.165) is 47.6 Å². The van der Waals surface area contributed by atoms with E-state index in [1.54, 1.807) is 0 Å². The molecular weight excluding hydrogens is 607 g/mol. The smallest absolute Gasteiger partial charge is 0.169 e.